The monoisotopic (exact) mass is 222 g/mol. The molecule has 86 valence electrons. The third-order valence-corrected chi connectivity index (χ3v) is 2.95. The van der Waals surface area contributed by atoms with Gasteiger partial charge < -0.3 is 5.32 Å². The van der Waals surface area contributed by atoms with Gasteiger partial charge in [-0.1, -0.05) is 27.7 Å². The normalized spacial score (nSPS) is 13.1. The van der Waals surface area contributed by atoms with Crippen LogP contribution >= 0.6 is 0 Å². The topological polar surface area (TPSA) is 58.2 Å². The van der Waals surface area contributed by atoms with Crippen LogP contribution in [0, 0.1) is 5.41 Å². The lowest BCUT2D eigenvalue weighted by Gasteiger charge is -2.18. The maximum atomic E-state index is 11.4. The summed E-state index contributed by atoms with van der Waals surface area (Å²) in [5.74, 6) is 0.150. The van der Waals surface area contributed by atoms with Crippen molar-refractivity contribution in [2.45, 2.75) is 27.7 Å². The Hall–Kier alpha value is -0.130. The van der Waals surface area contributed by atoms with E-state index in [1.54, 1.807) is 0 Å². The zero-order valence-corrected chi connectivity index (χ0v) is 10.4. The van der Waals surface area contributed by atoms with Gasteiger partial charge in [0, 0.05) is 13.1 Å². The van der Waals surface area contributed by atoms with E-state index in [1.165, 1.54) is 0 Å². The molecule has 0 aliphatic heterocycles. The second kappa shape index (κ2) is 5.68. The Morgan fingerprint density at radius 1 is 1.21 bits per heavy atom. The van der Waals surface area contributed by atoms with Crippen molar-refractivity contribution < 1.29 is 8.42 Å². The Morgan fingerprint density at radius 2 is 1.79 bits per heavy atom. The van der Waals surface area contributed by atoms with Crippen LogP contribution in [0.5, 0.6) is 0 Å². The predicted molar refractivity (Wildman–Crippen MR) is 59.8 cm³/mol. The van der Waals surface area contributed by atoms with Gasteiger partial charge in [0.1, 0.15) is 0 Å². The second-order valence-corrected chi connectivity index (χ2v) is 6.48. The largest absolute Gasteiger partial charge is 0.316 e. The third-order valence-electron chi connectivity index (χ3n) is 1.62. The number of hydrogen-bond donors (Lipinski definition) is 2. The Kier molecular flexibility index (Phi) is 5.63. The van der Waals surface area contributed by atoms with E-state index in [-0.39, 0.29) is 11.2 Å². The first-order valence-corrected chi connectivity index (χ1v) is 6.60. The van der Waals surface area contributed by atoms with E-state index in [4.69, 9.17) is 0 Å². The number of sulfonamides is 1. The molecule has 0 bridgehead atoms. The van der Waals surface area contributed by atoms with Gasteiger partial charge in [0.15, 0.2) is 0 Å². The van der Waals surface area contributed by atoms with Crippen LogP contribution < -0.4 is 10.0 Å². The second-order valence-electron chi connectivity index (χ2n) is 4.55. The lowest BCUT2D eigenvalue weighted by Crippen LogP contribution is -2.36. The zero-order valence-electron chi connectivity index (χ0n) is 9.55. The van der Waals surface area contributed by atoms with E-state index in [0.717, 1.165) is 6.54 Å². The fourth-order valence-corrected chi connectivity index (χ4v) is 1.99. The molecule has 0 aliphatic carbocycles. The van der Waals surface area contributed by atoms with Crippen molar-refractivity contribution in [3.8, 4) is 0 Å². The summed E-state index contributed by atoms with van der Waals surface area (Å²) >= 11 is 0. The van der Waals surface area contributed by atoms with E-state index in [9.17, 15) is 8.42 Å². The van der Waals surface area contributed by atoms with E-state index < -0.39 is 10.0 Å². The minimum atomic E-state index is -3.10. The Labute approximate surface area is 87.5 Å². The van der Waals surface area contributed by atoms with Crippen molar-refractivity contribution in [1.82, 2.24) is 10.0 Å². The minimum absolute atomic E-state index is 0.00868. The summed E-state index contributed by atoms with van der Waals surface area (Å²) in [4.78, 5) is 0. The van der Waals surface area contributed by atoms with Crippen molar-refractivity contribution in [1.29, 1.82) is 0 Å². The molecule has 0 saturated heterocycles. The van der Waals surface area contributed by atoms with Crippen LogP contribution in [0.4, 0.5) is 0 Å². The van der Waals surface area contributed by atoms with Crippen LogP contribution in [-0.4, -0.2) is 33.8 Å². The Balaban J connectivity index is 3.85. The molecule has 0 saturated carbocycles. The van der Waals surface area contributed by atoms with Gasteiger partial charge >= 0.3 is 0 Å². The average molecular weight is 222 g/mol. The first kappa shape index (κ1) is 13.9. The lowest BCUT2D eigenvalue weighted by molar-refractivity contribution is 0.407. The molecule has 0 rings (SSSR count). The lowest BCUT2D eigenvalue weighted by atomic mass is 9.98. The Bertz CT molecular complexity index is 242. The predicted octanol–water partition coefficient (Wildman–Crippen LogP) is 0.561. The molecular formula is C9H22N2O2S. The molecule has 0 aromatic carbocycles. The van der Waals surface area contributed by atoms with Crippen molar-refractivity contribution >= 4 is 10.0 Å². The molecule has 0 spiro atoms. The molecule has 2 N–H and O–H groups in total. The van der Waals surface area contributed by atoms with Crippen molar-refractivity contribution in [2.75, 3.05) is 25.4 Å². The molecule has 0 radical (unpaired) electrons. The summed E-state index contributed by atoms with van der Waals surface area (Å²) in [6.07, 6.45) is 0. The first-order chi connectivity index (χ1) is 6.27. The molecule has 0 heterocycles. The number of rotatable bonds is 6. The van der Waals surface area contributed by atoms with Crippen LogP contribution in [0.25, 0.3) is 0 Å². The molecule has 5 heteroatoms. The van der Waals surface area contributed by atoms with E-state index in [2.05, 4.69) is 10.0 Å². The maximum absolute atomic E-state index is 11.4. The third kappa shape index (κ3) is 8.47. The molecule has 0 fully saturated rings. The first-order valence-electron chi connectivity index (χ1n) is 4.95. The fourth-order valence-electron chi connectivity index (χ4n) is 0.782. The molecule has 4 nitrogen and oxygen atoms in total. The Morgan fingerprint density at radius 3 is 2.21 bits per heavy atom. The van der Waals surface area contributed by atoms with Gasteiger partial charge in [0.25, 0.3) is 0 Å². The van der Waals surface area contributed by atoms with Crippen LogP contribution in [0.1, 0.15) is 27.7 Å². The van der Waals surface area contributed by atoms with Crippen LogP contribution in [0.15, 0.2) is 0 Å². The van der Waals surface area contributed by atoms with Crippen LogP contribution in [-0.2, 0) is 10.0 Å². The highest BCUT2D eigenvalue weighted by atomic mass is 32.2. The summed E-state index contributed by atoms with van der Waals surface area (Å²) < 4.78 is 25.4. The number of nitrogens with one attached hydrogen (secondary N) is 2. The summed E-state index contributed by atoms with van der Waals surface area (Å²) in [7, 11) is -3.10. The quantitative estimate of drug-likeness (QED) is 0.646. The van der Waals surface area contributed by atoms with Gasteiger partial charge in [-0.25, -0.2) is 13.1 Å². The summed E-state index contributed by atoms with van der Waals surface area (Å²) in [6, 6.07) is 0. The number of hydrogen-bond acceptors (Lipinski definition) is 3. The zero-order chi connectivity index (χ0) is 11.2. The van der Waals surface area contributed by atoms with Gasteiger partial charge in [-0.3, -0.25) is 0 Å². The summed E-state index contributed by atoms with van der Waals surface area (Å²) in [5, 5.41) is 2.98. The van der Waals surface area contributed by atoms with Gasteiger partial charge in [-0.05, 0) is 12.0 Å². The van der Waals surface area contributed by atoms with Gasteiger partial charge in [0.2, 0.25) is 10.0 Å². The van der Waals surface area contributed by atoms with Gasteiger partial charge in [0.05, 0.1) is 5.75 Å². The standard InChI is InChI=1S/C9H22N2O2S/c1-5-10-6-7-14(12,13)11-8-9(2,3)4/h10-11H,5-8H2,1-4H3. The van der Waals surface area contributed by atoms with E-state index in [1.807, 2.05) is 27.7 Å². The minimum Gasteiger partial charge on any atom is -0.316 e. The molecule has 0 amide bonds. The summed E-state index contributed by atoms with van der Waals surface area (Å²) in [5.41, 5.74) is -0.00868. The smallest absolute Gasteiger partial charge is 0.212 e. The molecular weight excluding hydrogens is 200 g/mol. The highest BCUT2D eigenvalue weighted by Crippen LogP contribution is 2.10. The molecule has 0 aromatic rings. The van der Waals surface area contributed by atoms with Crippen molar-refractivity contribution in [3.05, 3.63) is 0 Å². The highest BCUT2D eigenvalue weighted by Gasteiger charge is 2.15. The average Bonchev–Trinajstić information content (AvgIpc) is 2.00. The highest BCUT2D eigenvalue weighted by molar-refractivity contribution is 7.89. The van der Waals surface area contributed by atoms with Gasteiger partial charge in [-0.2, -0.15) is 0 Å². The van der Waals surface area contributed by atoms with Crippen LogP contribution in [0.2, 0.25) is 0 Å². The van der Waals surface area contributed by atoms with E-state index in [0.29, 0.717) is 13.1 Å². The SMILES string of the molecule is CCNCCS(=O)(=O)NCC(C)(C)C. The summed E-state index contributed by atoms with van der Waals surface area (Å²) in [6.45, 7) is 9.75. The maximum Gasteiger partial charge on any atom is 0.212 e. The molecule has 14 heavy (non-hydrogen) atoms. The van der Waals surface area contributed by atoms with Crippen molar-refractivity contribution in [3.63, 3.8) is 0 Å². The molecule has 0 aromatic heterocycles. The fraction of sp³-hybridized carbons (Fsp3) is 1.00. The van der Waals surface area contributed by atoms with E-state index >= 15 is 0 Å². The molecule has 0 atom stereocenters. The van der Waals surface area contributed by atoms with Crippen LogP contribution in [0.3, 0.4) is 0 Å². The molecule has 0 aliphatic rings. The van der Waals surface area contributed by atoms with Crippen molar-refractivity contribution in [2.24, 2.45) is 5.41 Å². The van der Waals surface area contributed by atoms with Gasteiger partial charge in [-0.15, -0.1) is 0 Å². The molecule has 0 unspecified atom stereocenters.